The van der Waals surface area contributed by atoms with Crippen LogP contribution < -0.4 is 15.4 Å². The number of benzene rings is 1. The van der Waals surface area contributed by atoms with E-state index in [-0.39, 0.29) is 34.3 Å². The van der Waals surface area contributed by atoms with E-state index in [4.69, 9.17) is 4.74 Å². The number of carbonyl (C=O) groups excluding carboxylic acids is 2. The van der Waals surface area contributed by atoms with Crippen molar-refractivity contribution in [2.45, 2.75) is 37.6 Å². The van der Waals surface area contributed by atoms with Crippen LogP contribution in [0.2, 0.25) is 0 Å². The smallest absolute Gasteiger partial charge is 0.281 e. The molecule has 9 nitrogen and oxygen atoms in total. The first-order chi connectivity index (χ1) is 15.4. The third kappa shape index (κ3) is 6.50. The summed E-state index contributed by atoms with van der Waals surface area (Å²) in [6, 6.07) is 5.79. The Balaban J connectivity index is 1.70. The minimum Gasteiger partial charge on any atom is -0.489 e. The van der Waals surface area contributed by atoms with Gasteiger partial charge in [0.1, 0.15) is 5.82 Å². The van der Waals surface area contributed by atoms with Crippen molar-refractivity contribution < 1.29 is 18.7 Å². The average Bonchev–Trinajstić information content (AvgIpc) is 3.38. The summed E-state index contributed by atoms with van der Waals surface area (Å²) in [4.78, 5) is 24.6. The molecule has 2 heterocycles. The van der Waals surface area contributed by atoms with E-state index < -0.39 is 5.91 Å². The summed E-state index contributed by atoms with van der Waals surface area (Å²) in [5.74, 6) is -0.471. The highest BCUT2D eigenvalue weighted by molar-refractivity contribution is 8.01. The van der Waals surface area contributed by atoms with E-state index in [1.807, 2.05) is 20.8 Å². The molecule has 12 heteroatoms. The van der Waals surface area contributed by atoms with E-state index in [1.165, 1.54) is 28.6 Å². The number of hydrogen-bond acceptors (Lipinski definition) is 8. The van der Waals surface area contributed by atoms with Crippen LogP contribution in [0.15, 0.2) is 34.8 Å². The Labute approximate surface area is 192 Å². The number of aromatic nitrogens is 4. The standard InChI is InChI=1S/C20H23FN6O3S2/c1-4-9-30-15-10-27(14-7-5-13(21)6-8-14)26-17(15)18(29)23-19-24-25-20(32-19)31-11-16(28)22-12(2)3/h5-8,10,12H,4,9,11H2,1-3H3,(H,22,28)(H,23,24,29). The van der Waals surface area contributed by atoms with Gasteiger partial charge in [0.2, 0.25) is 11.0 Å². The van der Waals surface area contributed by atoms with E-state index >= 15 is 0 Å². The van der Waals surface area contributed by atoms with Gasteiger partial charge >= 0.3 is 0 Å². The monoisotopic (exact) mass is 478 g/mol. The van der Waals surface area contributed by atoms with Gasteiger partial charge in [-0.1, -0.05) is 30.0 Å². The Morgan fingerprint density at radius 2 is 2.00 bits per heavy atom. The Hall–Kier alpha value is -2.99. The van der Waals surface area contributed by atoms with Crippen molar-refractivity contribution in [2.75, 3.05) is 17.7 Å². The summed E-state index contributed by atoms with van der Waals surface area (Å²) in [5.41, 5.74) is 0.657. The number of rotatable bonds is 10. The van der Waals surface area contributed by atoms with E-state index in [2.05, 4.69) is 25.9 Å². The van der Waals surface area contributed by atoms with Crippen LogP contribution in [0.1, 0.15) is 37.7 Å². The summed E-state index contributed by atoms with van der Waals surface area (Å²) in [6.45, 7) is 6.13. The molecule has 1 aromatic carbocycles. The quantitative estimate of drug-likeness (QED) is 0.339. The maximum Gasteiger partial charge on any atom is 0.281 e. The predicted octanol–water partition coefficient (Wildman–Crippen LogP) is 3.52. The highest BCUT2D eigenvalue weighted by atomic mass is 32.2. The summed E-state index contributed by atoms with van der Waals surface area (Å²) < 4.78 is 20.9. The molecule has 0 bridgehead atoms. The van der Waals surface area contributed by atoms with E-state index in [9.17, 15) is 14.0 Å². The summed E-state index contributed by atoms with van der Waals surface area (Å²) >= 11 is 2.39. The SMILES string of the molecule is CCCOc1cn(-c2ccc(F)cc2)nc1C(=O)Nc1nnc(SCC(=O)NC(C)C)s1. The fourth-order valence-corrected chi connectivity index (χ4v) is 4.08. The normalized spacial score (nSPS) is 10.9. The van der Waals surface area contributed by atoms with Crippen LogP contribution >= 0.6 is 23.1 Å². The van der Waals surface area contributed by atoms with Crippen LogP contribution in [0.3, 0.4) is 0 Å². The molecule has 0 saturated heterocycles. The van der Waals surface area contributed by atoms with Crippen LogP contribution in [-0.4, -0.2) is 50.2 Å². The number of carbonyl (C=O) groups is 2. The molecule has 0 atom stereocenters. The lowest BCUT2D eigenvalue weighted by Gasteiger charge is -2.06. The molecule has 3 aromatic rings. The van der Waals surface area contributed by atoms with Crippen LogP contribution in [0.25, 0.3) is 5.69 Å². The van der Waals surface area contributed by atoms with Gasteiger partial charge in [-0.3, -0.25) is 14.9 Å². The van der Waals surface area contributed by atoms with Crippen LogP contribution in [-0.2, 0) is 4.79 Å². The molecule has 0 aliphatic carbocycles. The van der Waals surface area contributed by atoms with Crippen LogP contribution in [0, 0.1) is 5.82 Å². The van der Waals surface area contributed by atoms with Crippen molar-refractivity contribution in [1.82, 2.24) is 25.3 Å². The molecule has 0 radical (unpaired) electrons. The molecular weight excluding hydrogens is 455 g/mol. The molecule has 2 N–H and O–H groups in total. The lowest BCUT2D eigenvalue weighted by Crippen LogP contribution is -2.31. The number of nitrogens with one attached hydrogen (secondary N) is 2. The number of nitrogens with zero attached hydrogens (tertiary/aromatic N) is 4. The summed E-state index contributed by atoms with van der Waals surface area (Å²) in [5, 5.41) is 18.0. The second-order valence-electron chi connectivity index (χ2n) is 6.95. The van der Waals surface area contributed by atoms with Gasteiger partial charge in [0, 0.05) is 6.04 Å². The number of hydrogen-bond donors (Lipinski definition) is 2. The van der Waals surface area contributed by atoms with Gasteiger partial charge in [-0.2, -0.15) is 5.10 Å². The largest absolute Gasteiger partial charge is 0.489 e. The first kappa shape index (κ1) is 23.7. The zero-order valence-electron chi connectivity index (χ0n) is 17.8. The topological polar surface area (TPSA) is 111 Å². The molecule has 2 aromatic heterocycles. The minimum absolute atomic E-state index is 0.0613. The number of halogens is 1. The van der Waals surface area contributed by atoms with Gasteiger partial charge in [-0.15, -0.1) is 10.2 Å². The molecule has 3 rings (SSSR count). The van der Waals surface area contributed by atoms with Gasteiger partial charge < -0.3 is 10.1 Å². The number of ether oxygens (including phenoxy) is 1. The van der Waals surface area contributed by atoms with Gasteiger partial charge in [0.05, 0.1) is 24.2 Å². The van der Waals surface area contributed by atoms with Crippen molar-refractivity contribution in [1.29, 1.82) is 0 Å². The molecule has 0 spiro atoms. The lowest BCUT2D eigenvalue weighted by molar-refractivity contribution is -0.119. The Morgan fingerprint density at radius 1 is 1.25 bits per heavy atom. The fraction of sp³-hybridized carbons (Fsp3) is 0.350. The maximum absolute atomic E-state index is 13.2. The summed E-state index contributed by atoms with van der Waals surface area (Å²) in [7, 11) is 0. The molecule has 0 fully saturated rings. The molecule has 0 aliphatic rings. The highest BCUT2D eigenvalue weighted by Crippen LogP contribution is 2.27. The van der Waals surface area contributed by atoms with Crippen molar-refractivity contribution in [2.24, 2.45) is 0 Å². The fourth-order valence-electron chi connectivity index (χ4n) is 2.52. The third-order valence-corrected chi connectivity index (χ3v) is 5.82. The average molecular weight is 479 g/mol. The van der Waals surface area contributed by atoms with Crippen molar-refractivity contribution in [3.63, 3.8) is 0 Å². The Kier molecular flexibility index (Phi) is 8.17. The predicted molar refractivity (Wildman–Crippen MR) is 121 cm³/mol. The highest BCUT2D eigenvalue weighted by Gasteiger charge is 2.21. The minimum atomic E-state index is -0.512. The second-order valence-corrected chi connectivity index (χ2v) is 9.15. The van der Waals surface area contributed by atoms with Gasteiger partial charge in [-0.05, 0) is 44.5 Å². The molecule has 0 saturated carbocycles. The lowest BCUT2D eigenvalue weighted by atomic mass is 10.3. The van der Waals surface area contributed by atoms with Crippen molar-refractivity contribution in [3.8, 4) is 11.4 Å². The number of amides is 2. The molecule has 0 aliphatic heterocycles. The first-order valence-corrected chi connectivity index (χ1v) is 11.7. The zero-order valence-corrected chi connectivity index (χ0v) is 19.4. The molecule has 0 unspecified atom stereocenters. The summed E-state index contributed by atoms with van der Waals surface area (Å²) in [6.07, 6.45) is 2.33. The zero-order chi connectivity index (χ0) is 23.1. The van der Waals surface area contributed by atoms with Crippen molar-refractivity contribution >= 4 is 40.0 Å². The third-order valence-electron chi connectivity index (χ3n) is 3.85. The van der Waals surface area contributed by atoms with Crippen molar-refractivity contribution in [3.05, 3.63) is 42.0 Å². The maximum atomic E-state index is 13.2. The van der Waals surface area contributed by atoms with Crippen LogP contribution in [0.4, 0.5) is 9.52 Å². The molecule has 170 valence electrons. The van der Waals surface area contributed by atoms with Gasteiger partial charge in [-0.25, -0.2) is 9.07 Å². The first-order valence-electron chi connectivity index (χ1n) is 9.91. The second kappa shape index (κ2) is 11.0. The Morgan fingerprint density at radius 3 is 2.69 bits per heavy atom. The van der Waals surface area contributed by atoms with E-state index in [0.29, 0.717) is 22.4 Å². The van der Waals surface area contributed by atoms with Crippen LogP contribution in [0.5, 0.6) is 5.75 Å². The molecule has 32 heavy (non-hydrogen) atoms. The van der Waals surface area contributed by atoms with Gasteiger partial charge in [0.15, 0.2) is 15.8 Å². The molecule has 2 amide bonds. The van der Waals surface area contributed by atoms with E-state index in [1.54, 1.807) is 18.3 Å². The van der Waals surface area contributed by atoms with Gasteiger partial charge in [0.25, 0.3) is 5.91 Å². The number of anilines is 1. The Bertz CT molecular complexity index is 1070. The molecular formula is C20H23FN6O3S2. The number of thioether (sulfide) groups is 1. The van der Waals surface area contributed by atoms with E-state index in [0.717, 1.165) is 17.8 Å².